The van der Waals surface area contributed by atoms with E-state index in [-0.39, 0.29) is 29.1 Å². The molecule has 0 unspecified atom stereocenters. The smallest absolute Gasteiger partial charge is 0.156 e. The minimum atomic E-state index is -1.13. The van der Waals surface area contributed by atoms with Gasteiger partial charge in [0.25, 0.3) is 0 Å². The minimum Gasteiger partial charge on any atom is -0.384 e. The van der Waals surface area contributed by atoms with Gasteiger partial charge in [-0.25, -0.2) is 0 Å². The number of aliphatic hydroxyl groups excluding tert-OH is 1. The molecule has 186 valence electrons. The van der Waals surface area contributed by atoms with E-state index in [1.165, 1.54) is 28.0 Å². The molecule has 0 aromatic heterocycles. The summed E-state index contributed by atoms with van der Waals surface area (Å²) in [5.41, 5.74) is 4.76. The van der Waals surface area contributed by atoms with Gasteiger partial charge >= 0.3 is 0 Å². The molecule has 0 bridgehead atoms. The highest BCUT2D eigenvalue weighted by Gasteiger charge is 2.72. The number of carbonyl (C=O) groups is 1. The minimum absolute atomic E-state index is 0.108. The van der Waals surface area contributed by atoms with Gasteiger partial charge in [-0.2, -0.15) is 0 Å². The summed E-state index contributed by atoms with van der Waals surface area (Å²) >= 11 is 0. The van der Waals surface area contributed by atoms with Crippen molar-refractivity contribution in [3.63, 3.8) is 0 Å². The zero-order valence-electron chi connectivity index (χ0n) is 21.9. The van der Waals surface area contributed by atoms with Crippen LogP contribution < -0.4 is 4.90 Å². The molecule has 0 heterocycles. The predicted octanol–water partition coefficient (Wildman–Crippen LogP) is 5.16. The Morgan fingerprint density at radius 1 is 1.00 bits per heavy atom. The molecule has 4 nitrogen and oxygen atoms in total. The SMILES string of the molecule is CN(C)c1ccc([C@H]2C[C@@]3(C)[C@@](C)(CC[C@@]3(O)C#CCO)[C@]3(C)CCC4=CC(=O)CCC4=C23)cc1. The molecule has 0 radical (unpaired) electrons. The molecule has 4 aliphatic rings. The lowest BCUT2D eigenvalue weighted by atomic mass is 9.39. The number of hydrogen-bond acceptors (Lipinski definition) is 4. The van der Waals surface area contributed by atoms with Crippen LogP contribution >= 0.6 is 0 Å². The molecule has 2 N–H and O–H groups in total. The number of nitrogens with zero attached hydrogens (tertiary/aromatic N) is 1. The first-order valence-electron chi connectivity index (χ1n) is 13.1. The van der Waals surface area contributed by atoms with Gasteiger partial charge in [-0.3, -0.25) is 4.79 Å². The lowest BCUT2D eigenvalue weighted by molar-refractivity contribution is -0.126. The summed E-state index contributed by atoms with van der Waals surface area (Å²) in [4.78, 5) is 14.4. The number of rotatable bonds is 2. The second kappa shape index (κ2) is 8.08. The maximum Gasteiger partial charge on any atom is 0.156 e. The molecule has 0 aliphatic heterocycles. The Labute approximate surface area is 210 Å². The lowest BCUT2D eigenvalue weighted by Crippen LogP contribution is -2.60. The Morgan fingerprint density at radius 3 is 2.37 bits per heavy atom. The second-order valence-corrected chi connectivity index (χ2v) is 12.1. The fraction of sp³-hybridized carbons (Fsp3) is 0.581. The molecule has 0 spiro atoms. The molecule has 2 saturated carbocycles. The monoisotopic (exact) mass is 473 g/mol. The Kier molecular flexibility index (Phi) is 5.62. The fourth-order valence-corrected chi connectivity index (χ4v) is 8.22. The van der Waals surface area contributed by atoms with E-state index in [9.17, 15) is 15.0 Å². The average molecular weight is 474 g/mol. The first-order valence-corrected chi connectivity index (χ1v) is 13.1. The standard InChI is InChI=1S/C31H39NO3/c1-28-15-13-22-19-24(34)11-12-25(22)27(28)26(21-7-9-23(10-8-21)32(4)5)20-30(3)29(28,2)16-17-31(30,35)14-6-18-33/h7-10,19,26,33,35H,11-13,15-18,20H2,1-5H3/t26-,28-,29+,30+,31+/m1/s1. The highest BCUT2D eigenvalue weighted by atomic mass is 16.3. The summed E-state index contributed by atoms with van der Waals surface area (Å²) in [6, 6.07) is 8.87. The van der Waals surface area contributed by atoms with E-state index in [1.54, 1.807) is 0 Å². The summed E-state index contributed by atoms with van der Waals surface area (Å²) < 4.78 is 0. The molecule has 0 saturated heterocycles. The van der Waals surface area contributed by atoms with Crippen molar-refractivity contribution in [1.29, 1.82) is 0 Å². The normalized spacial score (nSPS) is 38.1. The largest absolute Gasteiger partial charge is 0.384 e. The van der Waals surface area contributed by atoms with Crippen LogP contribution in [0.1, 0.15) is 77.2 Å². The van der Waals surface area contributed by atoms with Gasteiger partial charge in [-0.1, -0.05) is 50.3 Å². The summed E-state index contributed by atoms with van der Waals surface area (Å²) in [5.74, 6) is 6.33. The van der Waals surface area contributed by atoms with Crippen LogP contribution in [-0.4, -0.2) is 42.3 Å². The molecular weight excluding hydrogens is 434 g/mol. The van der Waals surface area contributed by atoms with Crippen molar-refractivity contribution in [2.45, 2.75) is 77.2 Å². The van der Waals surface area contributed by atoms with E-state index in [2.05, 4.69) is 75.9 Å². The van der Waals surface area contributed by atoms with Gasteiger partial charge in [0, 0.05) is 37.5 Å². The molecule has 2 fully saturated rings. The number of allylic oxidation sites excluding steroid dienone is 4. The van der Waals surface area contributed by atoms with Gasteiger partial charge in [0.2, 0.25) is 0 Å². The zero-order chi connectivity index (χ0) is 25.2. The quantitative estimate of drug-likeness (QED) is 0.583. The van der Waals surface area contributed by atoms with Crippen molar-refractivity contribution in [2.75, 3.05) is 25.6 Å². The molecule has 5 rings (SSSR count). The molecular formula is C31H39NO3. The van der Waals surface area contributed by atoms with Crippen molar-refractivity contribution in [3.05, 3.63) is 52.6 Å². The third-order valence-corrected chi connectivity index (χ3v) is 10.6. The molecule has 35 heavy (non-hydrogen) atoms. The number of carbonyl (C=O) groups excluding carboxylic acids is 1. The van der Waals surface area contributed by atoms with Crippen molar-refractivity contribution in [1.82, 2.24) is 0 Å². The van der Waals surface area contributed by atoms with Crippen LogP contribution in [-0.2, 0) is 4.79 Å². The van der Waals surface area contributed by atoms with E-state index >= 15 is 0 Å². The Bertz CT molecular complexity index is 1180. The molecule has 5 atom stereocenters. The van der Waals surface area contributed by atoms with Crippen LogP contribution in [0, 0.1) is 28.1 Å². The number of benzene rings is 1. The van der Waals surface area contributed by atoms with Gasteiger partial charge < -0.3 is 15.1 Å². The average Bonchev–Trinajstić information content (AvgIpc) is 3.04. The number of ketones is 1. The van der Waals surface area contributed by atoms with Crippen LogP contribution in [0.5, 0.6) is 0 Å². The first-order chi connectivity index (χ1) is 16.5. The maximum absolute atomic E-state index is 12.3. The summed E-state index contributed by atoms with van der Waals surface area (Å²) in [7, 11) is 4.11. The van der Waals surface area contributed by atoms with Crippen molar-refractivity contribution < 1.29 is 15.0 Å². The van der Waals surface area contributed by atoms with Crippen LogP contribution in [0.25, 0.3) is 0 Å². The highest BCUT2D eigenvalue weighted by Crippen LogP contribution is 2.77. The second-order valence-electron chi connectivity index (χ2n) is 12.1. The molecule has 4 aliphatic carbocycles. The van der Waals surface area contributed by atoms with Gasteiger partial charge in [-0.05, 0) is 84.3 Å². The number of anilines is 1. The van der Waals surface area contributed by atoms with E-state index < -0.39 is 11.0 Å². The van der Waals surface area contributed by atoms with Crippen molar-refractivity contribution >= 4 is 11.5 Å². The third-order valence-electron chi connectivity index (χ3n) is 10.6. The van der Waals surface area contributed by atoms with Gasteiger partial charge in [-0.15, -0.1) is 0 Å². The predicted molar refractivity (Wildman–Crippen MR) is 140 cm³/mol. The number of aliphatic hydroxyl groups is 2. The molecule has 0 amide bonds. The van der Waals surface area contributed by atoms with Gasteiger partial charge in [0.15, 0.2) is 5.78 Å². The zero-order valence-corrected chi connectivity index (χ0v) is 21.9. The van der Waals surface area contributed by atoms with E-state index in [4.69, 9.17) is 0 Å². The number of hydrogen-bond donors (Lipinski definition) is 2. The molecule has 1 aromatic carbocycles. The van der Waals surface area contributed by atoms with E-state index in [0.29, 0.717) is 12.8 Å². The Balaban J connectivity index is 1.75. The summed E-state index contributed by atoms with van der Waals surface area (Å²) in [5, 5.41) is 21.5. The summed E-state index contributed by atoms with van der Waals surface area (Å²) in [6.45, 7) is 6.81. The first kappa shape index (κ1) is 24.3. The topological polar surface area (TPSA) is 60.8 Å². The van der Waals surface area contributed by atoms with Crippen LogP contribution in [0.4, 0.5) is 5.69 Å². The maximum atomic E-state index is 12.3. The lowest BCUT2D eigenvalue weighted by Gasteiger charge is -2.64. The Hall–Kier alpha value is -2.35. The fourth-order valence-electron chi connectivity index (χ4n) is 8.22. The van der Waals surface area contributed by atoms with E-state index in [1.807, 2.05) is 6.08 Å². The van der Waals surface area contributed by atoms with Crippen LogP contribution in [0.2, 0.25) is 0 Å². The van der Waals surface area contributed by atoms with Gasteiger partial charge in [0.05, 0.1) is 0 Å². The third kappa shape index (κ3) is 3.24. The molecule has 1 aromatic rings. The number of fused-ring (bicyclic) bond motifs is 4. The van der Waals surface area contributed by atoms with Gasteiger partial charge in [0.1, 0.15) is 12.2 Å². The van der Waals surface area contributed by atoms with Crippen molar-refractivity contribution in [3.8, 4) is 11.8 Å². The Morgan fingerprint density at radius 2 is 1.71 bits per heavy atom. The summed E-state index contributed by atoms with van der Waals surface area (Å²) in [6.07, 6.45) is 7.54. The van der Waals surface area contributed by atoms with Crippen molar-refractivity contribution in [2.24, 2.45) is 16.2 Å². The highest BCUT2D eigenvalue weighted by molar-refractivity contribution is 5.93. The van der Waals surface area contributed by atoms with E-state index in [0.717, 1.165) is 32.1 Å². The van der Waals surface area contributed by atoms with Crippen LogP contribution in [0.15, 0.2) is 47.1 Å². The van der Waals surface area contributed by atoms with Crippen LogP contribution in [0.3, 0.4) is 0 Å². The molecule has 4 heteroatoms.